The molecule has 1 aliphatic carbocycles. The van der Waals surface area contributed by atoms with Gasteiger partial charge >= 0.3 is 0 Å². The van der Waals surface area contributed by atoms with Crippen LogP contribution in [0.4, 0.5) is 19.6 Å². The molecule has 2 N–H and O–H groups in total. The van der Waals surface area contributed by atoms with Crippen molar-refractivity contribution in [2.45, 2.75) is 18.8 Å². The Hall–Kier alpha value is -3.13. The van der Waals surface area contributed by atoms with Crippen LogP contribution < -0.4 is 10.6 Å². The summed E-state index contributed by atoms with van der Waals surface area (Å²) in [5.74, 6) is -3.10. The summed E-state index contributed by atoms with van der Waals surface area (Å²) in [6.07, 6.45) is 1.25. The van der Waals surface area contributed by atoms with Gasteiger partial charge in [-0.25, -0.2) is 13.8 Å². The second-order valence-corrected chi connectivity index (χ2v) is 7.44. The van der Waals surface area contributed by atoms with Crippen molar-refractivity contribution in [1.82, 2.24) is 4.98 Å². The van der Waals surface area contributed by atoms with Gasteiger partial charge in [0.1, 0.15) is 0 Å². The number of hydrogen-bond donors (Lipinski definition) is 2. The summed E-state index contributed by atoms with van der Waals surface area (Å²) in [6.45, 7) is 0. The van der Waals surface area contributed by atoms with Gasteiger partial charge in [-0.2, -0.15) is 0 Å². The number of hydrogen-bond acceptors (Lipinski definition) is 4. The maximum atomic E-state index is 13.3. The van der Waals surface area contributed by atoms with E-state index >= 15 is 0 Å². The number of benzene rings is 2. The number of halogens is 2. The van der Waals surface area contributed by atoms with Crippen molar-refractivity contribution in [3.05, 3.63) is 76.3 Å². The SMILES string of the molecule is O=C(Nc1nc2c(s1)CCC2C(=O)Nc1ccc(F)c(F)c1)c1ccccc1. The van der Waals surface area contributed by atoms with E-state index in [0.29, 0.717) is 29.2 Å². The maximum absolute atomic E-state index is 13.3. The first-order chi connectivity index (χ1) is 13.5. The molecule has 28 heavy (non-hydrogen) atoms. The predicted octanol–water partition coefficient (Wildman–Crippen LogP) is 4.34. The maximum Gasteiger partial charge on any atom is 0.257 e. The summed E-state index contributed by atoms with van der Waals surface area (Å²) >= 11 is 1.34. The number of carbonyl (C=O) groups excluding carboxylic acids is 2. The molecule has 2 aromatic carbocycles. The number of amides is 2. The Labute approximate surface area is 163 Å². The van der Waals surface area contributed by atoms with Crippen LogP contribution in [0.15, 0.2) is 48.5 Å². The molecular weight excluding hydrogens is 384 g/mol. The van der Waals surface area contributed by atoms with Crippen molar-refractivity contribution < 1.29 is 18.4 Å². The first kappa shape index (κ1) is 18.2. The van der Waals surface area contributed by atoms with E-state index in [2.05, 4.69) is 15.6 Å². The number of anilines is 2. The smallest absolute Gasteiger partial charge is 0.257 e. The number of nitrogens with zero attached hydrogens (tertiary/aromatic N) is 1. The van der Waals surface area contributed by atoms with Crippen molar-refractivity contribution in [2.75, 3.05) is 10.6 Å². The van der Waals surface area contributed by atoms with Crippen LogP contribution in [0.3, 0.4) is 0 Å². The van der Waals surface area contributed by atoms with E-state index in [1.807, 2.05) is 6.07 Å². The molecule has 1 aliphatic rings. The molecule has 4 rings (SSSR count). The van der Waals surface area contributed by atoms with Crippen LogP contribution in [0.5, 0.6) is 0 Å². The Morgan fingerprint density at radius 1 is 1.04 bits per heavy atom. The summed E-state index contributed by atoms with van der Waals surface area (Å²) < 4.78 is 26.4. The highest BCUT2D eigenvalue weighted by molar-refractivity contribution is 7.16. The lowest BCUT2D eigenvalue weighted by atomic mass is 10.1. The summed E-state index contributed by atoms with van der Waals surface area (Å²) in [5, 5.41) is 5.79. The largest absolute Gasteiger partial charge is 0.325 e. The lowest BCUT2D eigenvalue weighted by Gasteiger charge is -2.11. The lowest BCUT2D eigenvalue weighted by molar-refractivity contribution is -0.117. The van der Waals surface area contributed by atoms with E-state index in [1.165, 1.54) is 17.4 Å². The summed E-state index contributed by atoms with van der Waals surface area (Å²) in [5.41, 5.74) is 1.32. The number of aryl methyl sites for hydroxylation is 1. The highest BCUT2D eigenvalue weighted by Gasteiger charge is 2.33. The third-order valence-corrected chi connectivity index (χ3v) is 5.52. The van der Waals surface area contributed by atoms with E-state index in [1.54, 1.807) is 24.3 Å². The number of fused-ring (bicyclic) bond motifs is 1. The molecule has 1 heterocycles. The van der Waals surface area contributed by atoms with Crippen LogP contribution in [0, 0.1) is 11.6 Å². The Bertz CT molecular complexity index is 1050. The quantitative estimate of drug-likeness (QED) is 0.686. The number of nitrogens with one attached hydrogen (secondary N) is 2. The van der Waals surface area contributed by atoms with Crippen molar-refractivity contribution in [2.24, 2.45) is 0 Å². The molecule has 0 radical (unpaired) electrons. The molecule has 0 saturated carbocycles. The fraction of sp³-hybridized carbons (Fsp3) is 0.150. The fourth-order valence-electron chi connectivity index (χ4n) is 3.10. The highest BCUT2D eigenvalue weighted by Crippen LogP contribution is 2.39. The Morgan fingerprint density at radius 2 is 1.82 bits per heavy atom. The average Bonchev–Trinajstić information content (AvgIpc) is 3.25. The fourth-order valence-corrected chi connectivity index (χ4v) is 4.13. The van der Waals surface area contributed by atoms with Crippen molar-refractivity contribution in [1.29, 1.82) is 0 Å². The van der Waals surface area contributed by atoms with Crippen LogP contribution in [0.25, 0.3) is 0 Å². The van der Waals surface area contributed by atoms with Crippen LogP contribution >= 0.6 is 11.3 Å². The minimum Gasteiger partial charge on any atom is -0.325 e. The van der Waals surface area contributed by atoms with Gasteiger partial charge in [-0.3, -0.25) is 14.9 Å². The van der Waals surface area contributed by atoms with Crippen molar-refractivity contribution in [3.63, 3.8) is 0 Å². The number of thiazole rings is 1. The van der Waals surface area contributed by atoms with Crippen LogP contribution in [0.1, 0.15) is 33.3 Å². The molecule has 5 nitrogen and oxygen atoms in total. The van der Waals surface area contributed by atoms with Gasteiger partial charge in [0.05, 0.1) is 11.6 Å². The zero-order valence-electron chi connectivity index (χ0n) is 14.5. The second kappa shape index (κ2) is 7.47. The van der Waals surface area contributed by atoms with E-state index in [-0.39, 0.29) is 17.5 Å². The Balaban J connectivity index is 1.47. The zero-order valence-corrected chi connectivity index (χ0v) is 15.4. The van der Waals surface area contributed by atoms with Crippen LogP contribution in [-0.2, 0) is 11.2 Å². The Kier molecular flexibility index (Phi) is 4.87. The topological polar surface area (TPSA) is 71.1 Å². The van der Waals surface area contributed by atoms with E-state index in [0.717, 1.165) is 17.0 Å². The summed E-state index contributed by atoms with van der Waals surface area (Å²) in [4.78, 5) is 30.2. The predicted molar refractivity (Wildman–Crippen MR) is 103 cm³/mol. The van der Waals surface area contributed by atoms with Gasteiger partial charge in [0.15, 0.2) is 16.8 Å². The summed E-state index contributed by atoms with van der Waals surface area (Å²) in [7, 11) is 0. The van der Waals surface area contributed by atoms with Crippen LogP contribution in [0.2, 0.25) is 0 Å². The number of rotatable bonds is 4. The summed E-state index contributed by atoms with van der Waals surface area (Å²) in [6, 6.07) is 12.0. The molecule has 1 aromatic heterocycles. The molecular formula is C20H15F2N3O2S. The average molecular weight is 399 g/mol. The van der Waals surface area contributed by atoms with E-state index < -0.39 is 17.6 Å². The monoisotopic (exact) mass is 399 g/mol. The molecule has 1 unspecified atom stereocenters. The third-order valence-electron chi connectivity index (χ3n) is 4.48. The van der Waals surface area contributed by atoms with Crippen molar-refractivity contribution in [3.8, 4) is 0 Å². The van der Waals surface area contributed by atoms with Gasteiger partial charge in [-0.15, -0.1) is 11.3 Å². The van der Waals surface area contributed by atoms with Gasteiger partial charge < -0.3 is 5.32 Å². The molecule has 3 aromatic rings. The van der Waals surface area contributed by atoms with Crippen molar-refractivity contribution >= 4 is 34.0 Å². The van der Waals surface area contributed by atoms with E-state index in [9.17, 15) is 18.4 Å². The normalized spacial score (nSPS) is 15.1. The van der Waals surface area contributed by atoms with Crippen LogP contribution in [-0.4, -0.2) is 16.8 Å². The highest BCUT2D eigenvalue weighted by atomic mass is 32.1. The molecule has 0 aliphatic heterocycles. The first-order valence-electron chi connectivity index (χ1n) is 8.63. The van der Waals surface area contributed by atoms with Gasteiger partial charge in [0, 0.05) is 22.2 Å². The van der Waals surface area contributed by atoms with Gasteiger partial charge in [-0.1, -0.05) is 18.2 Å². The first-order valence-corrected chi connectivity index (χ1v) is 9.45. The molecule has 8 heteroatoms. The minimum absolute atomic E-state index is 0.185. The molecule has 2 amide bonds. The molecule has 0 fully saturated rings. The minimum atomic E-state index is -1.02. The Morgan fingerprint density at radius 3 is 2.57 bits per heavy atom. The van der Waals surface area contributed by atoms with Gasteiger partial charge in [0.2, 0.25) is 5.91 Å². The molecule has 0 saturated heterocycles. The molecule has 0 bridgehead atoms. The third kappa shape index (κ3) is 3.63. The zero-order chi connectivity index (χ0) is 19.7. The standard InChI is InChI=1S/C20H15F2N3O2S/c21-14-8-6-12(10-15(14)22)23-19(27)13-7-9-16-17(13)24-20(28-16)25-18(26)11-4-2-1-3-5-11/h1-6,8,10,13H,7,9H2,(H,23,27)(H,24,25,26). The molecule has 0 spiro atoms. The number of aromatic nitrogens is 1. The number of carbonyl (C=O) groups is 2. The van der Waals surface area contributed by atoms with Gasteiger partial charge in [0.25, 0.3) is 5.91 Å². The van der Waals surface area contributed by atoms with E-state index in [4.69, 9.17) is 0 Å². The lowest BCUT2D eigenvalue weighted by Crippen LogP contribution is -2.20. The van der Waals surface area contributed by atoms with Gasteiger partial charge in [-0.05, 0) is 37.1 Å². The molecule has 1 atom stereocenters. The molecule has 142 valence electrons. The second-order valence-electron chi connectivity index (χ2n) is 6.36.